The van der Waals surface area contributed by atoms with Gasteiger partial charge in [0.15, 0.2) is 0 Å². The Hall–Kier alpha value is -2.07. The van der Waals surface area contributed by atoms with Crippen LogP contribution in [0.4, 0.5) is 5.69 Å². The molecule has 0 spiro atoms. The number of aryl methyl sites for hydroxylation is 1. The zero-order valence-electron chi connectivity index (χ0n) is 12.8. The van der Waals surface area contributed by atoms with E-state index >= 15 is 0 Å². The van der Waals surface area contributed by atoms with Crippen molar-refractivity contribution in [3.8, 4) is 0 Å². The monoisotopic (exact) mass is 315 g/mol. The molecule has 0 N–H and O–H groups in total. The van der Waals surface area contributed by atoms with E-state index in [2.05, 4.69) is 6.58 Å². The molecule has 0 aliphatic rings. The first kappa shape index (κ1) is 16.3. The van der Waals surface area contributed by atoms with E-state index in [9.17, 15) is 8.42 Å². The number of para-hydroxylation sites is 1. The third kappa shape index (κ3) is 3.77. The van der Waals surface area contributed by atoms with E-state index in [1.807, 2.05) is 55.5 Å². The highest BCUT2D eigenvalue weighted by Gasteiger charge is 2.24. The molecular weight excluding hydrogens is 294 g/mol. The van der Waals surface area contributed by atoms with Crippen LogP contribution in [0.25, 0.3) is 0 Å². The Labute approximate surface area is 133 Å². The number of nitrogens with zero attached hydrogens (tertiary/aromatic N) is 1. The number of hydrogen-bond acceptors (Lipinski definition) is 2. The third-order valence-electron chi connectivity index (χ3n) is 3.42. The number of unbranched alkanes of at least 4 members (excludes halogenated alkanes) is 1. The molecule has 0 amide bonds. The Kier molecular flexibility index (Phi) is 5.39. The molecule has 2 aromatic carbocycles. The summed E-state index contributed by atoms with van der Waals surface area (Å²) in [5, 5.41) is 0. The number of benzene rings is 2. The summed E-state index contributed by atoms with van der Waals surface area (Å²) >= 11 is 0. The quantitative estimate of drug-likeness (QED) is 0.568. The van der Waals surface area contributed by atoms with Crippen LogP contribution >= 0.6 is 0 Å². The molecule has 4 heteroatoms. The lowest BCUT2D eigenvalue weighted by Gasteiger charge is -2.24. The molecule has 0 fully saturated rings. The second-order valence-electron chi connectivity index (χ2n) is 5.16. The predicted octanol–water partition coefficient (Wildman–Crippen LogP) is 4.16. The van der Waals surface area contributed by atoms with Crippen LogP contribution in [0, 0.1) is 6.92 Å². The highest BCUT2D eigenvalue weighted by Crippen LogP contribution is 2.24. The van der Waals surface area contributed by atoms with E-state index in [0.29, 0.717) is 17.1 Å². The van der Waals surface area contributed by atoms with Gasteiger partial charge in [-0.3, -0.25) is 4.31 Å². The third-order valence-corrected chi connectivity index (χ3v) is 5.26. The summed E-state index contributed by atoms with van der Waals surface area (Å²) in [7, 11) is -3.55. The summed E-state index contributed by atoms with van der Waals surface area (Å²) in [6.45, 7) is 6.07. The Balaban J connectivity index is 2.38. The zero-order chi connectivity index (χ0) is 16.0. The zero-order valence-corrected chi connectivity index (χ0v) is 13.6. The second kappa shape index (κ2) is 7.27. The van der Waals surface area contributed by atoms with Gasteiger partial charge in [0.05, 0.1) is 10.6 Å². The number of sulfonamides is 1. The van der Waals surface area contributed by atoms with Crippen molar-refractivity contribution < 1.29 is 8.42 Å². The minimum absolute atomic E-state index is 0.320. The van der Waals surface area contributed by atoms with Gasteiger partial charge in [0.25, 0.3) is 10.0 Å². The first-order chi connectivity index (χ1) is 10.6. The molecule has 0 atom stereocenters. The van der Waals surface area contributed by atoms with Gasteiger partial charge in [-0.05, 0) is 44.0 Å². The number of anilines is 1. The Morgan fingerprint density at radius 1 is 1.05 bits per heavy atom. The van der Waals surface area contributed by atoms with Crippen LogP contribution in [0.2, 0.25) is 0 Å². The van der Waals surface area contributed by atoms with Gasteiger partial charge in [0.2, 0.25) is 0 Å². The van der Waals surface area contributed by atoms with Crippen molar-refractivity contribution in [3.63, 3.8) is 0 Å². The van der Waals surface area contributed by atoms with Crippen LogP contribution in [-0.2, 0) is 10.0 Å². The van der Waals surface area contributed by atoms with Crippen molar-refractivity contribution in [2.45, 2.75) is 24.7 Å². The predicted molar refractivity (Wildman–Crippen MR) is 91.6 cm³/mol. The minimum atomic E-state index is -3.55. The maximum atomic E-state index is 12.9. The summed E-state index contributed by atoms with van der Waals surface area (Å²) in [6.07, 6.45) is 3.33. The fourth-order valence-electron chi connectivity index (χ4n) is 2.20. The van der Waals surface area contributed by atoms with E-state index < -0.39 is 10.0 Å². The van der Waals surface area contributed by atoms with E-state index in [-0.39, 0.29) is 0 Å². The molecule has 0 heterocycles. The van der Waals surface area contributed by atoms with Crippen molar-refractivity contribution in [2.75, 3.05) is 10.8 Å². The molecule has 0 aliphatic carbocycles. The lowest BCUT2D eigenvalue weighted by Crippen LogP contribution is -2.32. The van der Waals surface area contributed by atoms with Gasteiger partial charge >= 0.3 is 0 Å². The number of hydrogen-bond donors (Lipinski definition) is 0. The van der Waals surface area contributed by atoms with Gasteiger partial charge in [-0.2, -0.15) is 0 Å². The summed E-state index contributed by atoms with van der Waals surface area (Å²) in [4.78, 5) is 0.320. The van der Waals surface area contributed by atoms with Crippen LogP contribution in [0.5, 0.6) is 0 Å². The molecule has 0 unspecified atom stereocenters. The molecule has 0 saturated carbocycles. The molecule has 0 bridgehead atoms. The average Bonchev–Trinajstić information content (AvgIpc) is 2.52. The van der Waals surface area contributed by atoms with Gasteiger partial charge in [-0.1, -0.05) is 42.0 Å². The smallest absolute Gasteiger partial charge is 0.264 e. The fourth-order valence-corrected chi connectivity index (χ4v) is 3.70. The maximum absolute atomic E-state index is 12.9. The SMILES string of the molecule is C=CCCCN(c1ccccc1)S(=O)(=O)c1ccc(C)cc1. The Bertz CT molecular complexity index is 707. The van der Waals surface area contributed by atoms with Gasteiger partial charge in [-0.15, -0.1) is 6.58 Å². The molecule has 3 nitrogen and oxygen atoms in total. The van der Waals surface area contributed by atoms with E-state index in [1.54, 1.807) is 12.1 Å². The molecule has 0 aliphatic heterocycles. The van der Waals surface area contributed by atoms with E-state index in [0.717, 1.165) is 18.4 Å². The summed E-state index contributed by atoms with van der Waals surface area (Å²) in [5.74, 6) is 0. The van der Waals surface area contributed by atoms with Crippen molar-refractivity contribution in [1.29, 1.82) is 0 Å². The highest BCUT2D eigenvalue weighted by atomic mass is 32.2. The average molecular weight is 315 g/mol. The molecule has 22 heavy (non-hydrogen) atoms. The largest absolute Gasteiger partial charge is 0.266 e. The molecule has 0 radical (unpaired) electrons. The second-order valence-corrected chi connectivity index (χ2v) is 7.02. The van der Waals surface area contributed by atoms with Gasteiger partial charge < -0.3 is 0 Å². The Morgan fingerprint density at radius 2 is 1.68 bits per heavy atom. The van der Waals surface area contributed by atoms with Crippen LogP contribution in [-0.4, -0.2) is 15.0 Å². The maximum Gasteiger partial charge on any atom is 0.264 e. The van der Waals surface area contributed by atoms with Gasteiger partial charge in [0.1, 0.15) is 0 Å². The highest BCUT2D eigenvalue weighted by molar-refractivity contribution is 7.92. The van der Waals surface area contributed by atoms with Crippen molar-refractivity contribution in [2.24, 2.45) is 0 Å². The van der Waals surface area contributed by atoms with Crippen molar-refractivity contribution >= 4 is 15.7 Å². The number of allylic oxidation sites excluding steroid dienone is 1. The van der Waals surface area contributed by atoms with Crippen LogP contribution in [0.15, 0.2) is 72.1 Å². The molecule has 116 valence electrons. The normalized spacial score (nSPS) is 11.1. The molecule has 0 aromatic heterocycles. The molecule has 2 aromatic rings. The molecular formula is C18H21NO2S. The fraction of sp³-hybridized carbons (Fsp3) is 0.222. The van der Waals surface area contributed by atoms with Crippen molar-refractivity contribution in [1.82, 2.24) is 0 Å². The summed E-state index contributed by atoms with van der Waals surface area (Å²) in [5.41, 5.74) is 1.73. The lowest BCUT2D eigenvalue weighted by molar-refractivity contribution is 0.589. The van der Waals surface area contributed by atoms with E-state index in [1.165, 1.54) is 4.31 Å². The van der Waals surface area contributed by atoms with Crippen LogP contribution < -0.4 is 4.31 Å². The van der Waals surface area contributed by atoms with Gasteiger partial charge in [0, 0.05) is 6.54 Å². The minimum Gasteiger partial charge on any atom is -0.266 e. The topological polar surface area (TPSA) is 37.4 Å². The summed E-state index contributed by atoms with van der Waals surface area (Å²) in [6, 6.07) is 16.2. The van der Waals surface area contributed by atoms with Crippen LogP contribution in [0.1, 0.15) is 18.4 Å². The number of rotatable bonds is 7. The van der Waals surface area contributed by atoms with Crippen LogP contribution in [0.3, 0.4) is 0 Å². The molecule has 0 saturated heterocycles. The standard InChI is InChI=1S/C18H21NO2S/c1-3-4-8-15-19(17-9-6-5-7-10-17)22(20,21)18-13-11-16(2)12-14-18/h3,5-7,9-14H,1,4,8,15H2,2H3. The Morgan fingerprint density at radius 3 is 2.27 bits per heavy atom. The van der Waals surface area contributed by atoms with Gasteiger partial charge in [-0.25, -0.2) is 8.42 Å². The lowest BCUT2D eigenvalue weighted by atomic mass is 10.2. The van der Waals surface area contributed by atoms with Crippen molar-refractivity contribution in [3.05, 3.63) is 72.8 Å². The summed E-state index contributed by atoms with van der Waals surface area (Å²) < 4.78 is 27.4. The first-order valence-corrected chi connectivity index (χ1v) is 8.75. The first-order valence-electron chi connectivity index (χ1n) is 7.31. The molecule has 2 rings (SSSR count). The van der Waals surface area contributed by atoms with E-state index in [4.69, 9.17) is 0 Å².